The number of anilines is 1. The standard InChI is InChI=1S/C17H15ClN2O/c18-13-5-3-12(4-6-13)17-19-15-11-14(7-8-16(15)21-17)20-9-1-2-10-20/h3-8,11H,1-2,9-10H2. The Hall–Kier alpha value is -2.00. The van der Waals surface area contributed by atoms with Crippen molar-refractivity contribution >= 4 is 28.4 Å². The monoisotopic (exact) mass is 298 g/mol. The van der Waals surface area contributed by atoms with Crippen molar-refractivity contribution < 1.29 is 4.42 Å². The number of nitrogens with zero attached hydrogens (tertiary/aromatic N) is 2. The normalized spacial score (nSPS) is 15.0. The maximum Gasteiger partial charge on any atom is 0.227 e. The van der Waals surface area contributed by atoms with E-state index < -0.39 is 0 Å². The van der Waals surface area contributed by atoms with Crippen molar-refractivity contribution in [1.82, 2.24) is 4.98 Å². The number of benzene rings is 2. The van der Waals surface area contributed by atoms with Crippen LogP contribution in [0.25, 0.3) is 22.6 Å². The quantitative estimate of drug-likeness (QED) is 0.684. The Balaban J connectivity index is 1.73. The molecule has 4 heteroatoms. The van der Waals surface area contributed by atoms with Gasteiger partial charge in [-0.2, -0.15) is 0 Å². The molecule has 2 heterocycles. The second-order valence-electron chi connectivity index (χ2n) is 5.37. The topological polar surface area (TPSA) is 29.3 Å². The first kappa shape index (κ1) is 12.7. The zero-order valence-corrected chi connectivity index (χ0v) is 12.3. The van der Waals surface area contributed by atoms with Gasteiger partial charge in [0.1, 0.15) is 5.52 Å². The van der Waals surface area contributed by atoms with Crippen molar-refractivity contribution in [2.45, 2.75) is 12.8 Å². The Morgan fingerprint density at radius 2 is 1.76 bits per heavy atom. The molecule has 0 unspecified atom stereocenters. The van der Waals surface area contributed by atoms with Crippen LogP contribution in [-0.2, 0) is 0 Å². The van der Waals surface area contributed by atoms with Crippen LogP contribution in [0.4, 0.5) is 5.69 Å². The molecule has 21 heavy (non-hydrogen) atoms. The average Bonchev–Trinajstić information content (AvgIpc) is 3.16. The van der Waals surface area contributed by atoms with Crippen LogP contribution in [0.3, 0.4) is 0 Å². The van der Waals surface area contributed by atoms with Gasteiger partial charge in [0.2, 0.25) is 5.89 Å². The largest absolute Gasteiger partial charge is 0.436 e. The van der Waals surface area contributed by atoms with Crippen LogP contribution in [-0.4, -0.2) is 18.1 Å². The Morgan fingerprint density at radius 1 is 1.00 bits per heavy atom. The van der Waals surface area contributed by atoms with E-state index in [1.54, 1.807) is 0 Å². The lowest BCUT2D eigenvalue weighted by molar-refractivity contribution is 0.620. The summed E-state index contributed by atoms with van der Waals surface area (Å²) in [5.41, 5.74) is 3.90. The van der Waals surface area contributed by atoms with Crippen molar-refractivity contribution in [2.75, 3.05) is 18.0 Å². The summed E-state index contributed by atoms with van der Waals surface area (Å²) >= 11 is 5.91. The molecule has 0 radical (unpaired) electrons. The molecule has 0 atom stereocenters. The van der Waals surface area contributed by atoms with Crippen LogP contribution in [0.2, 0.25) is 5.02 Å². The van der Waals surface area contributed by atoms with Gasteiger partial charge in [-0.25, -0.2) is 4.98 Å². The molecule has 0 N–H and O–H groups in total. The summed E-state index contributed by atoms with van der Waals surface area (Å²) in [6.07, 6.45) is 2.54. The second-order valence-corrected chi connectivity index (χ2v) is 5.81. The third-order valence-electron chi connectivity index (χ3n) is 3.93. The molecule has 106 valence electrons. The SMILES string of the molecule is Clc1ccc(-c2nc3cc(N4CCCC4)ccc3o2)cc1. The smallest absolute Gasteiger partial charge is 0.227 e. The molecule has 0 bridgehead atoms. The van der Waals surface area contributed by atoms with Crippen LogP contribution in [0.15, 0.2) is 46.9 Å². The number of hydrogen-bond donors (Lipinski definition) is 0. The van der Waals surface area contributed by atoms with Crippen molar-refractivity contribution in [2.24, 2.45) is 0 Å². The predicted molar refractivity (Wildman–Crippen MR) is 85.9 cm³/mol. The lowest BCUT2D eigenvalue weighted by atomic mass is 10.2. The second kappa shape index (κ2) is 5.08. The number of aromatic nitrogens is 1. The molecule has 3 aromatic rings. The fourth-order valence-corrected chi connectivity index (χ4v) is 2.93. The number of hydrogen-bond acceptors (Lipinski definition) is 3. The van der Waals surface area contributed by atoms with Crippen molar-refractivity contribution in [3.8, 4) is 11.5 Å². The number of fused-ring (bicyclic) bond motifs is 1. The summed E-state index contributed by atoms with van der Waals surface area (Å²) < 4.78 is 5.84. The van der Waals surface area contributed by atoms with E-state index in [9.17, 15) is 0 Å². The van der Waals surface area contributed by atoms with E-state index in [0.717, 1.165) is 29.8 Å². The average molecular weight is 299 g/mol. The summed E-state index contributed by atoms with van der Waals surface area (Å²) in [5, 5.41) is 0.714. The Kier molecular flexibility index (Phi) is 3.08. The van der Waals surface area contributed by atoms with E-state index >= 15 is 0 Å². The Bertz CT molecular complexity index is 773. The maximum absolute atomic E-state index is 5.91. The van der Waals surface area contributed by atoms with Gasteiger partial charge in [-0.3, -0.25) is 0 Å². The zero-order chi connectivity index (χ0) is 14.2. The molecule has 3 nitrogen and oxygen atoms in total. The molecule has 1 aromatic heterocycles. The van der Waals surface area contributed by atoms with E-state index in [2.05, 4.69) is 22.0 Å². The lowest BCUT2D eigenvalue weighted by Gasteiger charge is -2.16. The summed E-state index contributed by atoms with van der Waals surface area (Å²) in [5.74, 6) is 0.639. The van der Waals surface area contributed by atoms with Crippen LogP contribution >= 0.6 is 11.6 Å². The lowest BCUT2D eigenvalue weighted by Crippen LogP contribution is -2.17. The Labute approximate surface area is 128 Å². The van der Waals surface area contributed by atoms with E-state index in [1.165, 1.54) is 18.5 Å². The van der Waals surface area contributed by atoms with E-state index in [0.29, 0.717) is 10.9 Å². The first-order valence-corrected chi connectivity index (χ1v) is 7.59. The maximum atomic E-state index is 5.91. The summed E-state index contributed by atoms with van der Waals surface area (Å²) in [6, 6.07) is 13.8. The third kappa shape index (κ3) is 2.38. The molecule has 0 saturated carbocycles. The minimum atomic E-state index is 0.639. The summed E-state index contributed by atoms with van der Waals surface area (Å²) in [7, 11) is 0. The fraction of sp³-hybridized carbons (Fsp3) is 0.235. The van der Waals surface area contributed by atoms with Gasteiger partial charge >= 0.3 is 0 Å². The van der Waals surface area contributed by atoms with Gasteiger partial charge in [0.15, 0.2) is 5.58 Å². The van der Waals surface area contributed by atoms with Gasteiger partial charge < -0.3 is 9.32 Å². The highest BCUT2D eigenvalue weighted by Gasteiger charge is 2.14. The van der Waals surface area contributed by atoms with Crippen molar-refractivity contribution in [1.29, 1.82) is 0 Å². The summed E-state index contributed by atoms with van der Waals surface area (Å²) in [6.45, 7) is 2.26. The molecule has 0 aliphatic carbocycles. The molecule has 0 amide bonds. The van der Waals surface area contributed by atoms with Gasteiger partial charge in [-0.15, -0.1) is 0 Å². The molecular weight excluding hydrogens is 284 g/mol. The highest BCUT2D eigenvalue weighted by atomic mass is 35.5. The van der Waals surface area contributed by atoms with E-state index in [-0.39, 0.29) is 0 Å². The van der Waals surface area contributed by atoms with Crippen LogP contribution in [0.1, 0.15) is 12.8 Å². The third-order valence-corrected chi connectivity index (χ3v) is 4.19. The van der Waals surface area contributed by atoms with E-state index in [4.69, 9.17) is 16.0 Å². The zero-order valence-electron chi connectivity index (χ0n) is 11.6. The highest BCUT2D eigenvalue weighted by molar-refractivity contribution is 6.30. The molecule has 1 aliphatic rings. The van der Waals surface area contributed by atoms with Crippen molar-refractivity contribution in [3.63, 3.8) is 0 Å². The minimum absolute atomic E-state index is 0.639. The van der Waals surface area contributed by atoms with Crippen LogP contribution in [0, 0.1) is 0 Å². The molecule has 1 aliphatic heterocycles. The molecule has 1 saturated heterocycles. The summed E-state index contributed by atoms with van der Waals surface area (Å²) in [4.78, 5) is 7.01. The first-order valence-electron chi connectivity index (χ1n) is 7.21. The Morgan fingerprint density at radius 3 is 2.52 bits per heavy atom. The first-order chi connectivity index (χ1) is 10.3. The molecular formula is C17H15ClN2O. The van der Waals surface area contributed by atoms with Crippen LogP contribution < -0.4 is 4.90 Å². The molecule has 4 rings (SSSR count). The molecule has 1 fully saturated rings. The molecule has 0 spiro atoms. The highest BCUT2D eigenvalue weighted by Crippen LogP contribution is 2.29. The van der Waals surface area contributed by atoms with Gasteiger partial charge in [0, 0.05) is 29.4 Å². The molecule has 2 aromatic carbocycles. The fourth-order valence-electron chi connectivity index (χ4n) is 2.80. The van der Waals surface area contributed by atoms with Crippen LogP contribution in [0.5, 0.6) is 0 Å². The number of oxazole rings is 1. The number of halogens is 1. The van der Waals surface area contributed by atoms with Crippen molar-refractivity contribution in [3.05, 3.63) is 47.5 Å². The number of rotatable bonds is 2. The van der Waals surface area contributed by atoms with Gasteiger partial charge in [0.25, 0.3) is 0 Å². The van der Waals surface area contributed by atoms with E-state index in [1.807, 2.05) is 30.3 Å². The van der Waals surface area contributed by atoms with Gasteiger partial charge in [-0.1, -0.05) is 11.6 Å². The van der Waals surface area contributed by atoms with Gasteiger partial charge in [-0.05, 0) is 55.3 Å². The predicted octanol–water partition coefficient (Wildman–Crippen LogP) is 4.75. The minimum Gasteiger partial charge on any atom is -0.436 e. The van der Waals surface area contributed by atoms with Gasteiger partial charge in [0.05, 0.1) is 0 Å².